The number of pyridine rings is 1. The standard InChI is InChI=1S/C20H21N5O2/c1-4-14-16(13-8-6-5-7-9-13)18-22-21-17-15(25(18)23-14)10-11-24(19(17)27)20(2,3)12-26/h5-11,26H,4,12H2,1-3H3. The molecule has 1 aromatic carbocycles. The van der Waals surface area contributed by atoms with Gasteiger partial charge in [0.25, 0.3) is 5.56 Å². The van der Waals surface area contributed by atoms with Gasteiger partial charge >= 0.3 is 0 Å². The fraction of sp³-hybridized carbons (Fsp3) is 0.300. The smallest absolute Gasteiger partial charge is 0.281 e. The maximum atomic E-state index is 12.9. The van der Waals surface area contributed by atoms with Gasteiger partial charge in [0.15, 0.2) is 11.2 Å². The molecule has 3 aromatic heterocycles. The van der Waals surface area contributed by atoms with E-state index in [2.05, 4.69) is 10.2 Å². The van der Waals surface area contributed by atoms with E-state index >= 15 is 0 Å². The largest absolute Gasteiger partial charge is 0.394 e. The van der Waals surface area contributed by atoms with Crippen LogP contribution in [0.1, 0.15) is 26.5 Å². The van der Waals surface area contributed by atoms with E-state index in [0.717, 1.165) is 23.2 Å². The van der Waals surface area contributed by atoms with Crippen LogP contribution in [0.25, 0.3) is 27.8 Å². The molecule has 0 aliphatic heterocycles. The molecule has 0 fully saturated rings. The van der Waals surface area contributed by atoms with Gasteiger partial charge in [-0.05, 0) is 31.9 Å². The quantitative estimate of drug-likeness (QED) is 0.602. The van der Waals surface area contributed by atoms with Crippen molar-refractivity contribution in [3.05, 3.63) is 58.6 Å². The van der Waals surface area contributed by atoms with Gasteiger partial charge in [-0.25, -0.2) is 4.52 Å². The molecule has 138 valence electrons. The first-order valence-corrected chi connectivity index (χ1v) is 8.94. The lowest BCUT2D eigenvalue weighted by Gasteiger charge is -2.24. The summed E-state index contributed by atoms with van der Waals surface area (Å²) in [6, 6.07) is 11.8. The van der Waals surface area contributed by atoms with Crippen LogP contribution in [0.5, 0.6) is 0 Å². The van der Waals surface area contributed by atoms with E-state index in [1.54, 1.807) is 30.6 Å². The van der Waals surface area contributed by atoms with Crippen molar-refractivity contribution in [2.75, 3.05) is 6.61 Å². The van der Waals surface area contributed by atoms with Crippen LogP contribution in [0.3, 0.4) is 0 Å². The minimum Gasteiger partial charge on any atom is -0.394 e. The summed E-state index contributed by atoms with van der Waals surface area (Å²) in [6.07, 6.45) is 2.42. The molecule has 7 heteroatoms. The Morgan fingerprint density at radius 2 is 1.85 bits per heavy atom. The first-order valence-electron chi connectivity index (χ1n) is 8.94. The summed E-state index contributed by atoms with van der Waals surface area (Å²) in [5.41, 5.74) is 3.31. The lowest BCUT2D eigenvalue weighted by atomic mass is 10.0. The summed E-state index contributed by atoms with van der Waals surface area (Å²) < 4.78 is 3.18. The number of aromatic nitrogens is 5. The molecular formula is C20H21N5O2. The molecule has 0 spiro atoms. The fourth-order valence-corrected chi connectivity index (χ4v) is 3.29. The van der Waals surface area contributed by atoms with Crippen LogP contribution >= 0.6 is 0 Å². The third-order valence-corrected chi connectivity index (χ3v) is 4.89. The van der Waals surface area contributed by atoms with E-state index in [4.69, 9.17) is 5.10 Å². The summed E-state index contributed by atoms with van der Waals surface area (Å²) in [4.78, 5) is 12.9. The van der Waals surface area contributed by atoms with Gasteiger partial charge in [-0.2, -0.15) is 5.10 Å². The summed E-state index contributed by atoms with van der Waals surface area (Å²) in [6.45, 7) is 5.47. The molecule has 3 heterocycles. The zero-order valence-electron chi connectivity index (χ0n) is 15.5. The van der Waals surface area contributed by atoms with Gasteiger partial charge in [0, 0.05) is 6.20 Å². The van der Waals surface area contributed by atoms with E-state index in [9.17, 15) is 9.90 Å². The average molecular weight is 363 g/mol. The molecule has 0 atom stereocenters. The molecule has 1 N–H and O–H groups in total. The van der Waals surface area contributed by atoms with E-state index < -0.39 is 5.54 Å². The Hall–Kier alpha value is -3.06. The predicted octanol–water partition coefficient (Wildman–Crippen LogP) is 2.40. The lowest BCUT2D eigenvalue weighted by Crippen LogP contribution is -2.39. The highest BCUT2D eigenvalue weighted by molar-refractivity contribution is 5.84. The van der Waals surface area contributed by atoms with Crippen molar-refractivity contribution in [1.29, 1.82) is 0 Å². The molecule has 4 aromatic rings. The van der Waals surface area contributed by atoms with E-state index in [1.165, 1.54) is 4.57 Å². The number of aliphatic hydroxyl groups excluding tert-OH is 1. The number of benzene rings is 1. The van der Waals surface area contributed by atoms with Crippen LogP contribution in [0.15, 0.2) is 47.4 Å². The van der Waals surface area contributed by atoms with Gasteiger partial charge in [0.05, 0.1) is 23.4 Å². The van der Waals surface area contributed by atoms with Gasteiger partial charge in [-0.1, -0.05) is 37.3 Å². The molecule has 0 aliphatic carbocycles. The summed E-state index contributed by atoms with van der Waals surface area (Å²) in [7, 11) is 0. The molecule has 0 bridgehead atoms. The van der Waals surface area contributed by atoms with Gasteiger partial charge < -0.3 is 9.67 Å². The molecule has 0 unspecified atom stereocenters. The Balaban J connectivity index is 2.05. The lowest BCUT2D eigenvalue weighted by molar-refractivity contribution is 0.161. The summed E-state index contributed by atoms with van der Waals surface area (Å²) in [5, 5.41) is 22.9. The summed E-state index contributed by atoms with van der Waals surface area (Å²) >= 11 is 0. The highest BCUT2D eigenvalue weighted by Crippen LogP contribution is 2.28. The highest BCUT2D eigenvalue weighted by Gasteiger charge is 2.23. The number of aliphatic hydroxyl groups is 1. The molecule has 27 heavy (non-hydrogen) atoms. The maximum absolute atomic E-state index is 12.9. The first kappa shape index (κ1) is 17.4. The van der Waals surface area contributed by atoms with Gasteiger partial charge in [-0.15, -0.1) is 10.2 Å². The minimum absolute atomic E-state index is 0.159. The molecule has 0 saturated carbocycles. The number of rotatable bonds is 4. The van der Waals surface area contributed by atoms with Crippen molar-refractivity contribution < 1.29 is 5.11 Å². The second-order valence-corrected chi connectivity index (χ2v) is 7.17. The average Bonchev–Trinajstić information content (AvgIpc) is 3.07. The van der Waals surface area contributed by atoms with Crippen molar-refractivity contribution >= 4 is 16.7 Å². The Morgan fingerprint density at radius 3 is 2.52 bits per heavy atom. The molecule has 7 nitrogen and oxygen atoms in total. The minimum atomic E-state index is -0.726. The number of nitrogens with zero attached hydrogens (tertiary/aromatic N) is 5. The highest BCUT2D eigenvalue weighted by atomic mass is 16.3. The second-order valence-electron chi connectivity index (χ2n) is 7.17. The van der Waals surface area contributed by atoms with Crippen LogP contribution in [-0.4, -0.2) is 36.1 Å². The normalized spacial score (nSPS) is 12.1. The Morgan fingerprint density at radius 1 is 1.11 bits per heavy atom. The molecule has 0 radical (unpaired) electrons. The second kappa shape index (κ2) is 6.28. The van der Waals surface area contributed by atoms with Gasteiger partial charge in [-0.3, -0.25) is 4.79 Å². The molecule has 0 aliphatic rings. The first-order chi connectivity index (χ1) is 13.0. The number of fused-ring (bicyclic) bond motifs is 3. The third kappa shape index (κ3) is 2.62. The van der Waals surface area contributed by atoms with Crippen LogP contribution < -0.4 is 5.56 Å². The topological polar surface area (TPSA) is 85.3 Å². The van der Waals surface area contributed by atoms with E-state index in [1.807, 2.05) is 37.3 Å². The van der Waals surface area contributed by atoms with Crippen molar-refractivity contribution in [2.45, 2.75) is 32.7 Å². The zero-order chi connectivity index (χ0) is 19.2. The van der Waals surface area contributed by atoms with E-state index in [-0.39, 0.29) is 17.7 Å². The van der Waals surface area contributed by atoms with Crippen LogP contribution in [0.4, 0.5) is 0 Å². The van der Waals surface area contributed by atoms with Crippen LogP contribution in [-0.2, 0) is 12.0 Å². The Bertz CT molecular complexity index is 1190. The Labute approximate surface area is 155 Å². The number of hydrogen-bond donors (Lipinski definition) is 1. The SMILES string of the molecule is CCc1nn2c(nnc3c(=O)n(C(C)(C)CO)ccc32)c1-c1ccccc1. The van der Waals surface area contributed by atoms with Crippen molar-refractivity contribution in [3.63, 3.8) is 0 Å². The van der Waals surface area contributed by atoms with Crippen LogP contribution in [0, 0.1) is 0 Å². The monoisotopic (exact) mass is 363 g/mol. The fourth-order valence-electron chi connectivity index (χ4n) is 3.29. The summed E-state index contributed by atoms with van der Waals surface area (Å²) in [5.74, 6) is 0. The zero-order valence-corrected chi connectivity index (χ0v) is 15.5. The Kier molecular flexibility index (Phi) is 4.04. The molecule has 0 amide bonds. The number of hydrogen-bond acceptors (Lipinski definition) is 5. The molecular weight excluding hydrogens is 342 g/mol. The third-order valence-electron chi connectivity index (χ3n) is 4.89. The van der Waals surface area contributed by atoms with E-state index in [0.29, 0.717) is 11.2 Å². The van der Waals surface area contributed by atoms with Gasteiger partial charge in [0.1, 0.15) is 5.52 Å². The molecule has 0 saturated heterocycles. The van der Waals surface area contributed by atoms with Crippen molar-refractivity contribution in [1.82, 2.24) is 24.4 Å². The van der Waals surface area contributed by atoms with Crippen molar-refractivity contribution in [2.24, 2.45) is 0 Å². The molecule has 4 rings (SSSR count). The van der Waals surface area contributed by atoms with Gasteiger partial charge in [0.2, 0.25) is 0 Å². The van der Waals surface area contributed by atoms with Crippen LogP contribution in [0.2, 0.25) is 0 Å². The van der Waals surface area contributed by atoms with Crippen molar-refractivity contribution in [3.8, 4) is 11.1 Å². The number of aryl methyl sites for hydroxylation is 1. The maximum Gasteiger partial charge on any atom is 0.281 e. The predicted molar refractivity (Wildman–Crippen MR) is 104 cm³/mol.